The Kier molecular flexibility index (Phi) is 3.10. The Morgan fingerprint density at radius 3 is 2.50 bits per heavy atom. The van der Waals surface area contributed by atoms with Gasteiger partial charge in [-0.2, -0.15) is 0 Å². The van der Waals surface area contributed by atoms with E-state index in [2.05, 4.69) is 88.1 Å². The van der Waals surface area contributed by atoms with E-state index in [4.69, 9.17) is 0 Å². The van der Waals surface area contributed by atoms with Gasteiger partial charge >= 0.3 is 0 Å². The summed E-state index contributed by atoms with van der Waals surface area (Å²) in [7, 11) is 2.07. The van der Waals surface area contributed by atoms with Gasteiger partial charge in [0.2, 0.25) is 0 Å². The molecule has 0 bridgehead atoms. The summed E-state index contributed by atoms with van der Waals surface area (Å²) >= 11 is 0. The highest BCUT2D eigenvalue weighted by Crippen LogP contribution is 2.35. The molecule has 1 nitrogen and oxygen atoms in total. The third kappa shape index (κ3) is 2.50. The van der Waals surface area contributed by atoms with Gasteiger partial charge in [-0.05, 0) is 17.2 Å². The van der Waals surface area contributed by atoms with E-state index < -0.39 is 0 Å². The van der Waals surface area contributed by atoms with Crippen LogP contribution in [0.25, 0.3) is 0 Å². The fourth-order valence-corrected chi connectivity index (χ4v) is 2.27. The molecule has 0 fully saturated rings. The second-order valence-corrected chi connectivity index (χ2v) is 6.33. The van der Waals surface area contributed by atoms with Gasteiger partial charge in [0.05, 0.1) is 0 Å². The normalized spacial score (nSPS) is 18.6. The first kappa shape index (κ1) is 12.9. The lowest BCUT2D eigenvalue weighted by molar-refractivity contribution is 0.617. The lowest BCUT2D eigenvalue weighted by Crippen LogP contribution is -2.18. The molecule has 1 aromatic heterocycles. The van der Waals surface area contributed by atoms with E-state index in [0.29, 0.717) is 0 Å². The number of aryl methyl sites for hydroxylation is 1. The average Bonchev–Trinajstić information content (AvgIpc) is 2.61. The van der Waals surface area contributed by atoms with Crippen LogP contribution in [0.4, 0.5) is 0 Å². The third-order valence-electron chi connectivity index (χ3n) is 3.77. The molecular formula is C17H23N. The number of hydrogen-bond donors (Lipinski definition) is 0. The lowest BCUT2D eigenvalue weighted by atomic mass is 9.78. The van der Waals surface area contributed by atoms with Gasteiger partial charge in [-0.15, -0.1) is 0 Å². The van der Waals surface area contributed by atoms with Crippen LogP contribution >= 0.6 is 0 Å². The van der Waals surface area contributed by atoms with Crippen molar-refractivity contribution in [3.63, 3.8) is 0 Å². The van der Waals surface area contributed by atoms with Gasteiger partial charge in [-0.1, -0.05) is 58.1 Å². The van der Waals surface area contributed by atoms with E-state index in [0.717, 1.165) is 0 Å². The summed E-state index contributed by atoms with van der Waals surface area (Å²) < 4.78 is 2.11. The van der Waals surface area contributed by atoms with Crippen molar-refractivity contribution in [2.24, 2.45) is 12.5 Å². The van der Waals surface area contributed by atoms with E-state index >= 15 is 0 Å². The minimum Gasteiger partial charge on any atom is -0.357 e. The number of allylic oxidation sites excluding steroid dienone is 6. The van der Waals surface area contributed by atoms with Gasteiger partial charge in [-0.25, -0.2) is 0 Å². The zero-order valence-corrected chi connectivity index (χ0v) is 12.1. The molecule has 1 aliphatic carbocycles. The van der Waals surface area contributed by atoms with Crippen molar-refractivity contribution in [1.29, 1.82) is 0 Å². The average molecular weight is 241 g/mol. The van der Waals surface area contributed by atoms with Crippen molar-refractivity contribution < 1.29 is 0 Å². The molecule has 0 spiro atoms. The number of aromatic nitrogens is 1. The molecule has 1 aliphatic rings. The molecule has 0 aliphatic heterocycles. The molecular weight excluding hydrogens is 218 g/mol. The predicted molar refractivity (Wildman–Crippen MR) is 78.6 cm³/mol. The Labute approximate surface area is 111 Å². The van der Waals surface area contributed by atoms with Crippen molar-refractivity contribution in [3.8, 4) is 0 Å². The Balaban J connectivity index is 2.37. The molecule has 0 aromatic carbocycles. The zero-order valence-electron chi connectivity index (χ0n) is 12.1. The van der Waals surface area contributed by atoms with E-state index in [9.17, 15) is 0 Å². The summed E-state index contributed by atoms with van der Waals surface area (Å²) in [5.41, 5.74) is 2.90. The monoisotopic (exact) mass is 241 g/mol. The molecule has 1 heteroatoms. The molecule has 0 N–H and O–H groups in total. The fourth-order valence-electron chi connectivity index (χ4n) is 2.27. The maximum absolute atomic E-state index is 2.28. The zero-order chi connectivity index (χ0) is 13.4. The van der Waals surface area contributed by atoms with Crippen LogP contribution in [-0.2, 0) is 12.5 Å². The van der Waals surface area contributed by atoms with Crippen LogP contribution in [0, 0.1) is 5.41 Å². The van der Waals surface area contributed by atoms with Gasteiger partial charge in [-0.3, -0.25) is 0 Å². The van der Waals surface area contributed by atoms with Crippen molar-refractivity contribution in [2.45, 2.75) is 33.1 Å². The molecule has 0 amide bonds. The summed E-state index contributed by atoms with van der Waals surface area (Å²) in [4.78, 5) is 0. The standard InChI is InChI=1S/C17H23N/c1-16(2)10-6-7-14(8-11-16)17(3,4)15-9-12-18(5)13-15/h6-13H,1-5H3. The molecule has 1 aromatic rings. The maximum Gasteiger partial charge on any atom is 0.0161 e. The van der Waals surface area contributed by atoms with E-state index in [1.165, 1.54) is 11.1 Å². The summed E-state index contributed by atoms with van der Waals surface area (Å²) in [6.45, 7) is 9.02. The molecule has 1 heterocycles. The topological polar surface area (TPSA) is 4.93 Å². The van der Waals surface area contributed by atoms with Gasteiger partial charge in [0.1, 0.15) is 0 Å². The minimum absolute atomic E-state index is 0.0442. The van der Waals surface area contributed by atoms with Crippen LogP contribution in [0.1, 0.15) is 33.3 Å². The first-order valence-electron chi connectivity index (χ1n) is 6.53. The van der Waals surface area contributed by atoms with Crippen LogP contribution in [-0.4, -0.2) is 4.57 Å². The van der Waals surface area contributed by atoms with Gasteiger partial charge in [0.15, 0.2) is 0 Å². The maximum atomic E-state index is 2.28. The minimum atomic E-state index is 0.0442. The summed E-state index contributed by atoms with van der Waals surface area (Å²) in [5, 5.41) is 0. The van der Waals surface area contributed by atoms with Gasteiger partial charge in [0, 0.05) is 30.3 Å². The van der Waals surface area contributed by atoms with E-state index in [-0.39, 0.29) is 10.8 Å². The molecule has 2 rings (SSSR count). The molecule has 0 saturated heterocycles. The van der Waals surface area contributed by atoms with Gasteiger partial charge < -0.3 is 4.57 Å². The quantitative estimate of drug-likeness (QED) is 0.724. The van der Waals surface area contributed by atoms with E-state index in [1.54, 1.807) is 0 Å². The van der Waals surface area contributed by atoms with Crippen LogP contribution in [0.3, 0.4) is 0 Å². The lowest BCUT2D eigenvalue weighted by Gasteiger charge is -2.25. The Morgan fingerprint density at radius 1 is 1.17 bits per heavy atom. The van der Waals surface area contributed by atoms with Gasteiger partial charge in [0.25, 0.3) is 0 Å². The molecule has 0 atom stereocenters. The molecule has 0 saturated carbocycles. The number of hydrogen-bond acceptors (Lipinski definition) is 0. The van der Waals surface area contributed by atoms with Crippen molar-refractivity contribution in [1.82, 2.24) is 4.57 Å². The van der Waals surface area contributed by atoms with Crippen molar-refractivity contribution in [2.75, 3.05) is 0 Å². The smallest absolute Gasteiger partial charge is 0.0161 e. The van der Waals surface area contributed by atoms with Crippen molar-refractivity contribution in [3.05, 3.63) is 60.0 Å². The van der Waals surface area contributed by atoms with Crippen molar-refractivity contribution >= 4 is 0 Å². The van der Waals surface area contributed by atoms with Crippen LogP contribution in [0.15, 0.2) is 54.4 Å². The van der Waals surface area contributed by atoms with Crippen LogP contribution in [0.5, 0.6) is 0 Å². The first-order valence-corrected chi connectivity index (χ1v) is 6.53. The highest BCUT2D eigenvalue weighted by Gasteiger charge is 2.25. The highest BCUT2D eigenvalue weighted by atomic mass is 14.9. The Morgan fingerprint density at radius 2 is 1.89 bits per heavy atom. The predicted octanol–water partition coefficient (Wildman–Crippen LogP) is 4.38. The van der Waals surface area contributed by atoms with Crippen LogP contribution in [0.2, 0.25) is 0 Å². The first-order chi connectivity index (χ1) is 8.31. The second kappa shape index (κ2) is 4.31. The molecule has 96 valence electrons. The molecule has 18 heavy (non-hydrogen) atoms. The number of nitrogens with zero attached hydrogens (tertiary/aromatic N) is 1. The molecule has 0 radical (unpaired) electrons. The number of rotatable bonds is 2. The Bertz CT molecular complexity index is 522. The Hall–Kier alpha value is -1.50. The largest absolute Gasteiger partial charge is 0.357 e. The SMILES string of the molecule is Cn1ccc(C(C)(C)C2=CC=CC(C)(C)C=C2)c1. The summed E-state index contributed by atoms with van der Waals surface area (Å²) in [6.07, 6.45) is 15.5. The third-order valence-corrected chi connectivity index (χ3v) is 3.77. The summed E-state index contributed by atoms with van der Waals surface area (Å²) in [6, 6.07) is 2.20. The fraction of sp³-hybridized carbons (Fsp3) is 0.412. The van der Waals surface area contributed by atoms with Crippen LogP contribution < -0.4 is 0 Å². The van der Waals surface area contributed by atoms with E-state index in [1.807, 2.05) is 0 Å². The molecule has 0 unspecified atom stereocenters. The highest BCUT2D eigenvalue weighted by molar-refractivity contribution is 5.43. The second-order valence-electron chi connectivity index (χ2n) is 6.33. The summed E-state index contributed by atoms with van der Waals surface area (Å²) in [5.74, 6) is 0.